The minimum atomic E-state index is -0.281. The molecule has 0 spiro atoms. The summed E-state index contributed by atoms with van der Waals surface area (Å²) in [6.07, 6.45) is 1.56. The molecule has 6 heteroatoms. The van der Waals surface area contributed by atoms with E-state index in [0.29, 0.717) is 17.3 Å². The number of carbonyl (C=O) groups excluding carboxylic acids is 1. The summed E-state index contributed by atoms with van der Waals surface area (Å²) in [4.78, 5) is 22.9. The third-order valence-electron chi connectivity index (χ3n) is 3.84. The normalized spacial score (nSPS) is 10.3. The van der Waals surface area contributed by atoms with Crippen molar-refractivity contribution < 1.29 is 4.79 Å². The van der Waals surface area contributed by atoms with Crippen molar-refractivity contribution in [2.24, 2.45) is 0 Å². The first-order valence-corrected chi connectivity index (χ1v) is 8.27. The Morgan fingerprint density at radius 2 is 1.58 bits per heavy atom. The van der Waals surface area contributed by atoms with Crippen LogP contribution in [0, 0.1) is 6.92 Å². The molecule has 0 atom stereocenters. The van der Waals surface area contributed by atoms with Gasteiger partial charge in [-0.15, -0.1) is 0 Å². The van der Waals surface area contributed by atoms with Gasteiger partial charge >= 0.3 is 0 Å². The lowest BCUT2D eigenvalue weighted by Crippen LogP contribution is -2.15. The monoisotopic (exact) mass is 347 g/mol. The summed E-state index contributed by atoms with van der Waals surface area (Å²) in [5.41, 5.74) is 4.12. The van der Waals surface area contributed by atoms with Crippen LogP contribution in [0.4, 0.5) is 23.0 Å². The van der Waals surface area contributed by atoms with E-state index in [0.717, 1.165) is 11.4 Å². The molecule has 132 valence electrons. The quantitative estimate of drug-likeness (QED) is 0.734. The number of aromatic nitrogens is 2. The Kier molecular flexibility index (Phi) is 5.12. The average molecular weight is 347 g/mol. The van der Waals surface area contributed by atoms with Gasteiger partial charge in [-0.2, -0.15) is 0 Å². The summed E-state index contributed by atoms with van der Waals surface area (Å²) in [6.45, 7) is 2.02. The number of carbonyl (C=O) groups is 1. The molecule has 1 aromatic heterocycles. The molecule has 0 aliphatic heterocycles. The Balaban J connectivity index is 1.70. The van der Waals surface area contributed by atoms with Crippen LogP contribution in [0.3, 0.4) is 0 Å². The van der Waals surface area contributed by atoms with Gasteiger partial charge in [-0.05, 0) is 49.4 Å². The number of amides is 1. The van der Waals surface area contributed by atoms with E-state index in [-0.39, 0.29) is 5.91 Å². The van der Waals surface area contributed by atoms with Gasteiger partial charge in [-0.1, -0.05) is 17.7 Å². The highest BCUT2D eigenvalue weighted by molar-refractivity contribution is 6.03. The van der Waals surface area contributed by atoms with Crippen LogP contribution in [-0.4, -0.2) is 30.0 Å². The molecule has 2 aromatic carbocycles. The minimum Gasteiger partial charge on any atom is -0.378 e. The average Bonchev–Trinajstić information content (AvgIpc) is 2.64. The number of rotatable bonds is 5. The second-order valence-electron chi connectivity index (χ2n) is 6.15. The van der Waals surface area contributed by atoms with Crippen molar-refractivity contribution in [2.75, 3.05) is 29.6 Å². The number of nitrogens with zero attached hydrogens (tertiary/aromatic N) is 3. The number of anilines is 4. The van der Waals surface area contributed by atoms with Crippen molar-refractivity contribution >= 4 is 28.9 Å². The van der Waals surface area contributed by atoms with Gasteiger partial charge in [0.1, 0.15) is 5.69 Å². The number of hydrogen-bond acceptors (Lipinski definition) is 5. The molecule has 3 rings (SSSR count). The van der Waals surface area contributed by atoms with Crippen molar-refractivity contribution in [1.29, 1.82) is 0 Å². The Morgan fingerprint density at radius 1 is 0.923 bits per heavy atom. The Bertz CT molecular complexity index is 889. The van der Waals surface area contributed by atoms with Crippen LogP contribution in [0.2, 0.25) is 0 Å². The standard InChI is InChI=1S/C20H21N5O/c1-14-4-6-16(7-5-14)23-20-21-13-12-18(24-20)19(26)22-15-8-10-17(11-9-15)25(2)3/h4-13H,1-3H3,(H,22,26)(H,21,23,24). The zero-order valence-electron chi connectivity index (χ0n) is 15.0. The maximum absolute atomic E-state index is 12.4. The van der Waals surface area contributed by atoms with Gasteiger partial charge in [0.25, 0.3) is 5.91 Å². The highest BCUT2D eigenvalue weighted by Crippen LogP contribution is 2.17. The number of aryl methyl sites for hydroxylation is 1. The molecule has 1 heterocycles. The number of hydrogen-bond donors (Lipinski definition) is 2. The molecular weight excluding hydrogens is 326 g/mol. The first kappa shape index (κ1) is 17.4. The van der Waals surface area contributed by atoms with Crippen LogP contribution < -0.4 is 15.5 Å². The van der Waals surface area contributed by atoms with Crippen LogP contribution in [0.5, 0.6) is 0 Å². The van der Waals surface area contributed by atoms with Crippen molar-refractivity contribution in [3.63, 3.8) is 0 Å². The number of benzene rings is 2. The maximum Gasteiger partial charge on any atom is 0.274 e. The molecule has 0 bridgehead atoms. The third kappa shape index (κ3) is 4.36. The maximum atomic E-state index is 12.4. The second-order valence-corrected chi connectivity index (χ2v) is 6.15. The molecule has 6 nitrogen and oxygen atoms in total. The van der Waals surface area contributed by atoms with Gasteiger partial charge in [0, 0.05) is 37.4 Å². The van der Waals surface area contributed by atoms with Crippen molar-refractivity contribution in [3.8, 4) is 0 Å². The molecule has 0 saturated heterocycles. The first-order chi connectivity index (χ1) is 12.5. The van der Waals surface area contributed by atoms with E-state index in [4.69, 9.17) is 0 Å². The summed E-state index contributed by atoms with van der Waals surface area (Å²) in [6, 6.07) is 17.1. The molecule has 0 saturated carbocycles. The van der Waals surface area contributed by atoms with E-state index >= 15 is 0 Å². The van der Waals surface area contributed by atoms with Gasteiger partial charge in [0.15, 0.2) is 0 Å². The molecule has 0 unspecified atom stereocenters. The van der Waals surface area contributed by atoms with Crippen LogP contribution in [0.1, 0.15) is 16.1 Å². The molecule has 1 amide bonds. The predicted octanol–water partition coefficient (Wildman–Crippen LogP) is 3.85. The lowest BCUT2D eigenvalue weighted by Gasteiger charge is -2.13. The van der Waals surface area contributed by atoms with Crippen molar-refractivity contribution in [2.45, 2.75) is 6.92 Å². The van der Waals surface area contributed by atoms with E-state index in [2.05, 4.69) is 20.6 Å². The lowest BCUT2D eigenvalue weighted by atomic mass is 10.2. The van der Waals surface area contributed by atoms with Gasteiger partial charge in [0.05, 0.1) is 0 Å². The van der Waals surface area contributed by atoms with Gasteiger partial charge in [0.2, 0.25) is 5.95 Å². The molecule has 0 aliphatic carbocycles. The topological polar surface area (TPSA) is 70.2 Å². The molecular formula is C20H21N5O. The van der Waals surface area contributed by atoms with E-state index < -0.39 is 0 Å². The first-order valence-electron chi connectivity index (χ1n) is 8.27. The van der Waals surface area contributed by atoms with Gasteiger partial charge in [-0.3, -0.25) is 4.79 Å². The zero-order valence-corrected chi connectivity index (χ0v) is 15.0. The minimum absolute atomic E-state index is 0.281. The summed E-state index contributed by atoms with van der Waals surface area (Å²) >= 11 is 0. The Labute approximate surface area is 152 Å². The highest BCUT2D eigenvalue weighted by Gasteiger charge is 2.10. The smallest absolute Gasteiger partial charge is 0.274 e. The number of nitrogens with one attached hydrogen (secondary N) is 2. The lowest BCUT2D eigenvalue weighted by molar-refractivity contribution is 0.102. The molecule has 3 aromatic rings. The SMILES string of the molecule is Cc1ccc(Nc2nccc(C(=O)Nc3ccc(N(C)C)cc3)n2)cc1. The van der Waals surface area contributed by atoms with Crippen molar-refractivity contribution in [1.82, 2.24) is 9.97 Å². The van der Waals surface area contributed by atoms with Crippen LogP contribution in [0.15, 0.2) is 60.8 Å². The molecule has 0 fully saturated rings. The summed E-state index contributed by atoms with van der Waals surface area (Å²) in [5, 5.41) is 5.95. The fraction of sp³-hybridized carbons (Fsp3) is 0.150. The predicted molar refractivity (Wildman–Crippen MR) is 105 cm³/mol. The van der Waals surface area contributed by atoms with E-state index in [1.165, 1.54) is 5.56 Å². The largest absolute Gasteiger partial charge is 0.378 e. The Hall–Kier alpha value is -3.41. The van der Waals surface area contributed by atoms with E-state index in [9.17, 15) is 4.79 Å². The highest BCUT2D eigenvalue weighted by atomic mass is 16.1. The molecule has 0 radical (unpaired) electrons. The fourth-order valence-electron chi connectivity index (χ4n) is 2.35. The van der Waals surface area contributed by atoms with Crippen LogP contribution >= 0.6 is 0 Å². The summed E-state index contributed by atoms with van der Waals surface area (Å²) in [5.74, 6) is 0.0985. The molecule has 0 aliphatic rings. The van der Waals surface area contributed by atoms with Gasteiger partial charge in [-0.25, -0.2) is 9.97 Å². The van der Waals surface area contributed by atoms with Crippen LogP contribution in [-0.2, 0) is 0 Å². The van der Waals surface area contributed by atoms with E-state index in [1.54, 1.807) is 12.3 Å². The van der Waals surface area contributed by atoms with E-state index in [1.807, 2.05) is 74.4 Å². The second kappa shape index (κ2) is 7.65. The summed E-state index contributed by atoms with van der Waals surface area (Å²) < 4.78 is 0. The Morgan fingerprint density at radius 3 is 2.23 bits per heavy atom. The fourth-order valence-corrected chi connectivity index (χ4v) is 2.35. The zero-order chi connectivity index (χ0) is 18.5. The third-order valence-corrected chi connectivity index (χ3v) is 3.84. The van der Waals surface area contributed by atoms with Crippen molar-refractivity contribution in [3.05, 3.63) is 72.1 Å². The summed E-state index contributed by atoms with van der Waals surface area (Å²) in [7, 11) is 3.94. The van der Waals surface area contributed by atoms with Gasteiger partial charge < -0.3 is 15.5 Å². The van der Waals surface area contributed by atoms with Crippen LogP contribution in [0.25, 0.3) is 0 Å². The molecule has 26 heavy (non-hydrogen) atoms. The molecule has 2 N–H and O–H groups in total.